The third-order valence-corrected chi connectivity index (χ3v) is 9.30. The minimum atomic E-state index is -0.473. The van der Waals surface area contributed by atoms with Crippen molar-refractivity contribution < 1.29 is 18.8 Å². The summed E-state index contributed by atoms with van der Waals surface area (Å²) in [6.45, 7) is 10.2. The van der Waals surface area contributed by atoms with Crippen LogP contribution in [0, 0.1) is 5.82 Å². The van der Waals surface area contributed by atoms with E-state index >= 15 is 0 Å². The summed E-state index contributed by atoms with van der Waals surface area (Å²) >= 11 is 6.07. The molecule has 2 N–H and O–H groups in total. The molecule has 0 unspecified atom stereocenters. The SMILES string of the molecule is C=CC(=O)Nc1cc(Nc2cc(N3OCC[C@@H]3c3cccc(Cl)c3F)ncn2)c(OC)cc1N1CCC(N2CCN(C)CC2)CC1. The van der Waals surface area contributed by atoms with Crippen molar-refractivity contribution in [1.82, 2.24) is 19.8 Å². The Kier molecular flexibility index (Phi) is 9.88. The summed E-state index contributed by atoms with van der Waals surface area (Å²) in [5, 5.41) is 7.95. The van der Waals surface area contributed by atoms with Crippen molar-refractivity contribution in [3.05, 3.63) is 71.8 Å². The van der Waals surface area contributed by atoms with Crippen LogP contribution < -0.4 is 25.3 Å². The summed E-state index contributed by atoms with van der Waals surface area (Å²) in [5.41, 5.74) is 2.56. The van der Waals surface area contributed by atoms with Gasteiger partial charge in [0.05, 0.1) is 41.8 Å². The van der Waals surface area contributed by atoms with Crippen LogP contribution in [-0.2, 0) is 9.63 Å². The highest BCUT2D eigenvalue weighted by atomic mass is 35.5. The van der Waals surface area contributed by atoms with Gasteiger partial charge in [0, 0.05) is 69.4 Å². The summed E-state index contributed by atoms with van der Waals surface area (Å²) < 4.78 is 20.7. The highest BCUT2D eigenvalue weighted by molar-refractivity contribution is 6.30. The van der Waals surface area contributed by atoms with Crippen molar-refractivity contribution in [1.29, 1.82) is 0 Å². The third-order valence-electron chi connectivity index (χ3n) is 9.01. The summed E-state index contributed by atoms with van der Waals surface area (Å²) in [5.74, 6) is 0.729. The Morgan fingerprint density at radius 2 is 1.87 bits per heavy atom. The van der Waals surface area contributed by atoms with Gasteiger partial charge in [0.2, 0.25) is 5.91 Å². The number of amides is 1. The maximum Gasteiger partial charge on any atom is 0.247 e. The molecule has 0 radical (unpaired) electrons. The molecule has 2 aromatic carbocycles. The second-order valence-corrected chi connectivity index (χ2v) is 12.2. The van der Waals surface area contributed by atoms with Gasteiger partial charge in [-0.15, -0.1) is 0 Å². The van der Waals surface area contributed by atoms with E-state index in [1.54, 1.807) is 30.4 Å². The topological polar surface area (TPSA) is 98.3 Å². The lowest BCUT2D eigenvalue weighted by Gasteiger charge is -2.43. The van der Waals surface area contributed by atoms with Crippen molar-refractivity contribution in [2.24, 2.45) is 0 Å². The van der Waals surface area contributed by atoms with Gasteiger partial charge in [0.25, 0.3) is 0 Å². The fourth-order valence-corrected chi connectivity index (χ4v) is 6.65. The molecule has 11 nitrogen and oxygen atoms in total. The molecule has 0 spiro atoms. The molecule has 1 aromatic heterocycles. The summed E-state index contributed by atoms with van der Waals surface area (Å²) in [6, 6.07) is 10.6. The molecule has 3 aliphatic rings. The van der Waals surface area contributed by atoms with E-state index in [-0.39, 0.29) is 10.9 Å². The van der Waals surface area contributed by atoms with Gasteiger partial charge in [-0.25, -0.2) is 19.4 Å². The molecular formula is C33H40ClFN8O3. The molecule has 1 atom stereocenters. The highest BCUT2D eigenvalue weighted by Gasteiger charge is 2.32. The van der Waals surface area contributed by atoms with E-state index in [0.29, 0.717) is 53.4 Å². The third kappa shape index (κ3) is 6.90. The van der Waals surface area contributed by atoms with Crippen LogP contribution in [0.5, 0.6) is 5.75 Å². The zero-order valence-corrected chi connectivity index (χ0v) is 27.0. The standard InChI is InChI=1S/C33H40ClFN8O3/c1-4-32(44)39-25-18-26(29(45-3)19-28(25)42-11-8-22(9-12-42)41-15-13-40(2)14-16-41)38-30-20-31(37-21-36-30)43-27(10-17-46-43)23-6-5-7-24(34)33(23)35/h4-7,18-22,27H,1,8-17H2,2-3H3,(H,39,44)(H,36,37,38)/t27-/m1/s1. The number of hydrogen-bond donors (Lipinski definition) is 2. The van der Waals surface area contributed by atoms with E-state index in [1.165, 1.54) is 18.5 Å². The predicted molar refractivity (Wildman–Crippen MR) is 179 cm³/mol. The monoisotopic (exact) mass is 650 g/mol. The number of anilines is 5. The fraction of sp³-hybridized carbons (Fsp3) is 0.424. The smallest absolute Gasteiger partial charge is 0.247 e. The molecule has 3 fully saturated rings. The van der Waals surface area contributed by atoms with Gasteiger partial charge >= 0.3 is 0 Å². The van der Waals surface area contributed by atoms with Gasteiger partial charge in [-0.05, 0) is 38.1 Å². The highest BCUT2D eigenvalue weighted by Crippen LogP contribution is 2.41. The fourth-order valence-electron chi connectivity index (χ4n) is 6.47. The Morgan fingerprint density at radius 3 is 2.61 bits per heavy atom. The Hall–Kier alpha value is -3.97. The number of piperazine rings is 1. The number of carbonyl (C=O) groups is 1. The zero-order valence-electron chi connectivity index (χ0n) is 26.2. The van der Waals surface area contributed by atoms with E-state index < -0.39 is 11.9 Å². The molecule has 3 aromatic rings. The van der Waals surface area contributed by atoms with E-state index in [4.69, 9.17) is 21.2 Å². The molecule has 1 amide bonds. The van der Waals surface area contributed by atoms with Gasteiger partial charge in [0.1, 0.15) is 23.7 Å². The predicted octanol–water partition coefficient (Wildman–Crippen LogP) is 5.25. The molecule has 0 bridgehead atoms. The average molecular weight is 651 g/mol. The summed E-state index contributed by atoms with van der Waals surface area (Å²) in [4.78, 5) is 34.5. The van der Waals surface area contributed by atoms with Crippen LogP contribution in [0.1, 0.15) is 30.9 Å². The Labute approximate surface area is 273 Å². The van der Waals surface area contributed by atoms with Crippen LogP contribution in [0.3, 0.4) is 0 Å². The van der Waals surface area contributed by atoms with Crippen molar-refractivity contribution in [3.63, 3.8) is 0 Å². The maximum absolute atomic E-state index is 14.9. The van der Waals surface area contributed by atoms with Crippen LogP contribution in [0.2, 0.25) is 5.02 Å². The first-order valence-corrected chi connectivity index (χ1v) is 16.0. The first-order chi connectivity index (χ1) is 22.3. The Morgan fingerprint density at radius 1 is 1.09 bits per heavy atom. The minimum Gasteiger partial charge on any atom is -0.494 e. The lowest BCUT2D eigenvalue weighted by atomic mass is 10.0. The number of nitrogens with zero attached hydrogens (tertiary/aromatic N) is 6. The van der Waals surface area contributed by atoms with E-state index in [9.17, 15) is 9.18 Å². The number of ether oxygens (including phenoxy) is 1. The number of carbonyl (C=O) groups excluding carboxylic acids is 1. The van der Waals surface area contributed by atoms with Crippen LogP contribution in [0.25, 0.3) is 0 Å². The second-order valence-electron chi connectivity index (χ2n) is 11.8. The van der Waals surface area contributed by atoms with Gasteiger partial charge in [-0.3, -0.25) is 14.5 Å². The van der Waals surface area contributed by atoms with Gasteiger partial charge in [-0.2, -0.15) is 0 Å². The van der Waals surface area contributed by atoms with Crippen molar-refractivity contribution in [2.75, 3.05) is 80.6 Å². The minimum absolute atomic E-state index is 0.0590. The molecule has 46 heavy (non-hydrogen) atoms. The number of hydrogen-bond acceptors (Lipinski definition) is 10. The van der Waals surface area contributed by atoms with E-state index in [0.717, 1.165) is 57.8 Å². The maximum atomic E-state index is 14.9. The first-order valence-electron chi connectivity index (χ1n) is 15.6. The molecule has 244 valence electrons. The molecule has 4 heterocycles. The molecule has 6 rings (SSSR count). The Bertz CT molecular complexity index is 1560. The van der Waals surface area contributed by atoms with E-state index in [1.807, 2.05) is 12.1 Å². The van der Waals surface area contributed by atoms with Crippen LogP contribution in [0.4, 0.5) is 33.1 Å². The number of aromatic nitrogens is 2. The van der Waals surface area contributed by atoms with Crippen LogP contribution >= 0.6 is 11.6 Å². The molecule has 3 aliphatic heterocycles. The van der Waals surface area contributed by atoms with Crippen LogP contribution in [-0.4, -0.2) is 91.7 Å². The van der Waals surface area contributed by atoms with Crippen molar-refractivity contribution >= 4 is 46.2 Å². The number of nitrogens with one attached hydrogen (secondary N) is 2. The number of halogens is 2. The molecule has 0 saturated carbocycles. The molecular weight excluding hydrogens is 611 g/mol. The first kappa shape index (κ1) is 32.0. The molecule has 0 aliphatic carbocycles. The quantitative estimate of drug-likeness (QED) is 0.299. The number of likely N-dealkylation sites (N-methyl/N-ethyl adjacent to an activating group) is 1. The number of benzene rings is 2. The van der Waals surface area contributed by atoms with Crippen molar-refractivity contribution in [3.8, 4) is 5.75 Å². The zero-order chi connectivity index (χ0) is 32.2. The second kappa shape index (κ2) is 14.2. The largest absolute Gasteiger partial charge is 0.494 e. The van der Waals surface area contributed by atoms with Crippen LogP contribution in [0.15, 0.2) is 55.4 Å². The number of hydroxylamine groups is 1. The van der Waals surface area contributed by atoms with Gasteiger partial charge < -0.3 is 25.2 Å². The lowest BCUT2D eigenvalue weighted by Crippen LogP contribution is -2.52. The molecule has 13 heteroatoms. The average Bonchev–Trinajstić information content (AvgIpc) is 3.57. The van der Waals surface area contributed by atoms with Gasteiger partial charge in [0.15, 0.2) is 5.82 Å². The Balaban J connectivity index is 1.23. The number of piperidine rings is 1. The lowest BCUT2D eigenvalue weighted by molar-refractivity contribution is -0.111. The summed E-state index contributed by atoms with van der Waals surface area (Å²) in [7, 11) is 3.79. The number of methoxy groups -OCH3 is 1. The summed E-state index contributed by atoms with van der Waals surface area (Å²) in [6.07, 6.45) is 5.33. The van der Waals surface area contributed by atoms with Gasteiger partial charge in [-0.1, -0.05) is 30.3 Å². The normalized spacial score (nSPS) is 19.7. The van der Waals surface area contributed by atoms with E-state index in [2.05, 4.69) is 48.9 Å². The molecule has 3 saturated heterocycles. The number of rotatable bonds is 9. The van der Waals surface area contributed by atoms with Crippen molar-refractivity contribution in [2.45, 2.75) is 31.3 Å².